The maximum atomic E-state index is 13.0. The first-order valence-electron chi connectivity index (χ1n) is 9.61. The lowest BCUT2D eigenvalue weighted by Gasteiger charge is -2.22. The predicted molar refractivity (Wildman–Crippen MR) is 115 cm³/mol. The zero-order valence-corrected chi connectivity index (χ0v) is 16.9. The van der Waals surface area contributed by atoms with Crippen molar-refractivity contribution in [1.82, 2.24) is 10.3 Å². The number of halogens is 1. The molecule has 3 aromatic rings. The van der Waals surface area contributed by atoms with Gasteiger partial charge in [0.1, 0.15) is 5.75 Å². The maximum Gasteiger partial charge on any atom is 0.246 e. The minimum Gasteiger partial charge on any atom is -0.455 e. The number of hydrogen-bond acceptors (Lipinski definition) is 4. The van der Waals surface area contributed by atoms with E-state index in [9.17, 15) is 9.59 Å². The number of nitrogens with zero attached hydrogens (tertiary/aromatic N) is 2. The molecule has 1 aliphatic rings. The van der Waals surface area contributed by atoms with E-state index in [0.29, 0.717) is 41.6 Å². The Morgan fingerprint density at radius 2 is 1.87 bits per heavy atom. The minimum atomic E-state index is -0.240. The number of carbonyl (C=O) groups is 2. The molecule has 1 N–H and O–H groups in total. The van der Waals surface area contributed by atoms with Crippen molar-refractivity contribution in [2.75, 3.05) is 11.4 Å². The molecule has 152 valence electrons. The molecule has 0 fully saturated rings. The third kappa shape index (κ3) is 4.60. The number of pyridine rings is 1. The summed E-state index contributed by atoms with van der Waals surface area (Å²) >= 11 is 6.17. The summed E-state index contributed by atoms with van der Waals surface area (Å²) in [4.78, 5) is 30.8. The quantitative estimate of drug-likeness (QED) is 0.672. The smallest absolute Gasteiger partial charge is 0.246 e. The van der Waals surface area contributed by atoms with Crippen molar-refractivity contribution < 1.29 is 14.3 Å². The van der Waals surface area contributed by atoms with Crippen molar-refractivity contribution in [1.29, 1.82) is 0 Å². The molecule has 2 aromatic carbocycles. The van der Waals surface area contributed by atoms with Gasteiger partial charge >= 0.3 is 0 Å². The van der Waals surface area contributed by atoms with Crippen LogP contribution < -0.4 is 15.0 Å². The number of carbonyl (C=O) groups excluding carboxylic acids is 2. The van der Waals surface area contributed by atoms with Crippen molar-refractivity contribution in [2.45, 2.75) is 19.4 Å². The van der Waals surface area contributed by atoms with Gasteiger partial charge in [-0.15, -0.1) is 0 Å². The molecule has 0 radical (unpaired) electrons. The summed E-state index contributed by atoms with van der Waals surface area (Å²) in [5.41, 5.74) is 2.48. The molecule has 1 aliphatic heterocycles. The fourth-order valence-electron chi connectivity index (χ4n) is 3.28. The second kappa shape index (κ2) is 8.97. The highest BCUT2D eigenvalue weighted by atomic mass is 35.5. The predicted octanol–water partition coefficient (Wildman–Crippen LogP) is 4.12. The summed E-state index contributed by atoms with van der Waals surface area (Å²) in [7, 11) is 0. The summed E-state index contributed by atoms with van der Waals surface area (Å²) in [6, 6.07) is 16.5. The summed E-state index contributed by atoms with van der Waals surface area (Å²) in [5.74, 6) is 0.813. The van der Waals surface area contributed by atoms with Crippen molar-refractivity contribution >= 4 is 29.1 Å². The van der Waals surface area contributed by atoms with E-state index in [1.807, 2.05) is 36.4 Å². The molecule has 0 saturated carbocycles. The number of fused-ring (bicyclic) bond motifs is 2. The molecule has 1 aromatic heterocycles. The van der Waals surface area contributed by atoms with Crippen molar-refractivity contribution in [3.05, 3.63) is 83.1 Å². The van der Waals surface area contributed by atoms with Crippen LogP contribution in [0.15, 0.2) is 67.0 Å². The maximum absolute atomic E-state index is 13.0. The number of rotatable bonds is 5. The molecule has 0 atom stereocenters. The van der Waals surface area contributed by atoms with Crippen LogP contribution in [-0.2, 0) is 22.6 Å². The molecule has 0 saturated heterocycles. The van der Waals surface area contributed by atoms with Gasteiger partial charge in [-0.05, 0) is 48.4 Å². The number of benzene rings is 2. The van der Waals surface area contributed by atoms with Gasteiger partial charge in [-0.25, -0.2) is 0 Å². The number of ether oxygens (including phenoxy) is 1. The number of hydrogen-bond donors (Lipinski definition) is 1. The molecular formula is C23H20ClN3O3. The van der Waals surface area contributed by atoms with Crippen molar-refractivity contribution in [2.24, 2.45) is 0 Å². The number of aromatic nitrogens is 1. The monoisotopic (exact) mass is 421 g/mol. The van der Waals surface area contributed by atoms with Gasteiger partial charge in [0.25, 0.3) is 0 Å². The van der Waals surface area contributed by atoms with Gasteiger partial charge in [0.2, 0.25) is 11.8 Å². The van der Waals surface area contributed by atoms with Crippen LogP contribution in [0, 0.1) is 0 Å². The number of nitrogens with one attached hydrogen (secondary N) is 1. The standard InChI is InChI=1S/C23H20ClN3O3/c24-18-6-7-21-19(13-18)27(15-17-3-1-2-4-20(17)30-21)23(29)14-26-22(28)8-5-16-9-11-25-12-10-16/h1-4,6-7,9-13H,5,8,14-15H2,(H,26,28). The lowest BCUT2D eigenvalue weighted by atomic mass is 10.1. The average molecular weight is 422 g/mol. The SMILES string of the molecule is O=C(CCc1ccncc1)NCC(=O)N1Cc2ccccc2Oc2ccc(Cl)cc21. The van der Waals surface area contributed by atoms with E-state index in [1.165, 1.54) is 0 Å². The Morgan fingerprint density at radius 3 is 2.70 bits per heavy atom. The zero-order valence-electron chi connectivity index (χ0n) is 16.2. The Labute approximate surface area is 179 Å². The van der Waals surface area contributed by atoms with E-state index in [-0.39, 0.29) is 18.4 Å². The largest absolute Gasteiger partial charge is 0.455 e. The molecule has 7 heteroatoms. The van der Waals surface area contributed by atoms with Gasteiger partial charge in [0.05, 0.1) is 18.8 Å². The first-order chi connectivity index (χ1) is 14.6. The fraction of sp³-hybridized carbons (Fsp3) is 0.174. The molecule has 0 unspecified atom stereocenters. The van der Waals surface area contributed by atoms with E-state index in [2.05, 4.69) is 10.3 Å². The Bertz CT molecular complexity index is 1070. The molecule has 4 rings (SSSR count). The topological polar surface area (TPSA) is 71.5 Å². The fourth-order valence-corrected chi connectivity index (χ4v) is 3.45. The highest BCUT2D eigenvalue weighted by Gasteiger charge is 2.25. The number of anilines is 1. The normalized spacial score (nSPS) is 12.2. The Kier molecular flexibility index (Phi) is 5.95. The second-order valence-corrected chi connectivity index (χ2v) is 7.37. The lowest BCUT2D eigenvalue weighted by Crippen LogP contribution is -2.39. The molecule has 6 nitrogen and oxygen atoms in total. The highest BCUT2D eigenvalue weighted by molar-refractivity contribution is 6.31. The van der Waals surface area contributed by atoms with E-state index in [0.717, 1.165) is 11.1 Å². The average Bonchev–Trinajstić information content (AvgIpc) is 2.93. The van der Waals surface area contributed by atoms with Crippen LogP contribution in [0.5, 0.6) is 11.5 Å². The first-order valence-corrected chi connectivity index (χ1v) is 9.99. The van der Waals surface area contributed by atoms with E-state index in [4.69, 9.17) is 16.3 Å². The van der Waals surface area contributed by atoms with E-state index >= 15 is 0 Å². The zero-order chi connectivity index (χ0) is 20.9. The summed E-state index contributed by atoms with van der Waals surface area (Å²) in [6.45, 7) is 0.221. The van der Waals surface area contributed by atoms with Crippen LogP contribution >= 0.6 is 11.6 Å². The number of aryl methyl sites for hydroxylation is 1. The summed E-state index contributed by atoms with van der Waals surface area (Å²) in [6.07, 6.45) is 4.27. The Balaban J connectivity index is 1.46. The summed E-state index contributed by atoms with van der Waals surface area (Å²) < 4.78 is 6.01. The minimum absolute atomic E-state index is 0.108. The molecule has 0 aliphatic carbocycles. The van der Waals surface area contributed by atoms with Gasteiger partial charge in [-0.2, -0.15) is 0 Å². The van der Waals surface area contributed by atoms with Gasteiger partial charge in [-0.1, -0.05) is 29.8 Å². The van der Waals surface area contributed by atoms with Crippen molar-refractivity contribution in [3.63, 3.8) is 0 Å². The van der Waals surface area contributed by atoms with Crippen LogP contribution in [0.25, 0.3) is 0 Å². The molecule has 0 spiro atoms. The number of amides is 2. The lowest BCUT2D eigenvalue weighted by molar-refractivity contribution is -0.125. The van der Waals surface area contributed by atoms with Gasteiger partial charge in [-0.3, -0.25) is 14.6 Å². The van der Waals surface area contributed by atoms with E-state index in [1.54, 1.807) is 35.5 Å². The van der Waals surface area contributed by atoms with Crippen molar-refractivity contribution in [3.8, 4) is 11.5 Å². The molecule has 2 amide bonds. The van der Waals surface area contributed by atoms with Crippen LogP contribution in [0.3, 0.4) is 0 Å². The molecule has 30 heavy (non-hydrogen) atoms. The second-order valence-electron chi connectivity index (χ2n) is 6.93. The summed E-state index contributed by atoms with van der Waals surface area (Å²) in [5, 5.41) is 3.22. The Morgan fingerprint density at radius 1 is 1.07 bits per heavy atom. The van der Waals surface area contributed by atoms with Crippen LogP contribution in [-0.4, -0.2) is 23.3 Å². The molecule has 0 bridgehead atoms. The van der Waals surface area contributed by atoms with E-state index < -0.39 is 0 Å². The molecular weight excluding hydrogens is 402 g/mol. The van der Waals surface area contributed by atoms with Gasteiger partial charge in [0, 0.05) is 29.4 Å². The molecule has 2 heterocycles. The highest BCUT2D eigenvalue weighted by Crippen LogP contribution is 2.40. The first kappa shape index (κ1) is 19.9. The third-order valence-electron chi connectivity index (χ3n) is 4.86. The third-order valence-corrected chi connectivity index (χ3v) is 5.10. The van der Waals surface area contributed by atoms with Crippen LogP contribution in [0.1, 0.15) is 17.5 Å². The van der Waals surface area contributed by atoms with Crippen LogP contribution in [0.4, 0.5) is 5.69 Å². The van der Waals surface area contributed by atoms with Crippen LogP contribution in [0.2, 0.25) is 5.02 Å². The number of para-hydroxylation sites is 1. The van der Waals surface area contributed by atoms with Gasteiger partial charge in [0.15, 0.2) is 5.75 Å². The Hall–Kier alpha value is -3.38. The van der Waals surface area contributed by atoms with Gasteiger partial charge < -0.3 is 15.0 Å².